The zero-order chi connectivity index (χ0) is 19.8. The van der Waals surface area contributed by atoms with Gasteiger partial charge in [0.1, 0.15) is 23.7 Å². The van der Waals surface area contributed by atoms with E-state index >= 15 is 0 Å². The van der Waals surface area contributed by atoms with Crippen LogP contribution in [0.4, 0.5) is 0 Å². The fourth-order valence-electron chi connectivity index (χ4n) is 3.69. The van der Waals surface area contributed by atoms with Gasteiger partial charge < -0.3 is 9.15 Å². The number of furan rings is 1. The van der Waals surface area contributed by atoms with Crippen LogP contribution >= 0.6 is 11.8 Å². The number of ether oxygens (including phenoxy) is 1. The van der Waals surface area contributed by atoms with Crippen molar-refractivity contribution in [2.45, 2.75) is 19.6 Å². The molecular weight excluding hydrogens is 388 g/mol. The molecule has 0 fully saturated rings. The highest BCUT2D eigenvalue weighted by Crippen LogP contribution is 2.32. The minimum Gasteiger partial charge on any atom is -0.489 e. The number of aromatic nitrogens is 1. The van der Waals surface area contributed by atoms with Crippen molar-refractivity contribution in [1.82, 2.24) is 8.99 Å². The first-order valence-corrected chi connectivity index (χ1v) is 9.86. The van der Waals surface area contributed by atoms with Crippen LogP contribution in [-0.4, -0.2) is 15.5 Å². The van der Waals surface area contributed by atoms with E-state index in [-0.39, 0.29) is 5.56 Å². The average Bonchev–Trinajstić information content (AvgIpc) is 3.10. The Labute approximate surface area is 172 Å². The van der Waals surface area contributed by atoms with Crippen LogP contribution in [-0.2, 0) is 19.6 Å². The molecule has 1 aliphatic heterocycles. The first kappa shape index (κ1) is 18.0. The van der Waals surface area contributed by atoms with E-state index in [1.165, 1.54) is 6.07 Å². The van der Waals surface area contributed by atoms with Crippen molar-refractivity contribution in [3.05, 3.63) is 94.1 Å². The Morgan fingerprint density at radius 2 is 1.93 bits per heavy atom. The lowest BCUT2D eigenvalue weighted by Gasteiger charge is -2.18. The summed E-state index contributed by atoms with van der Waals surface area (Å²) in [5.41, 5.74) is 3.61. The molecule has 0 aliphatic carbocycles. The minimum atomic E-state index is -0.147. The van der Waals surface area contributed by atoms with E-state index < -0.39 is 0 Å². The highest BCUT2D eigenvalue weighted by molar-refractivity contribution is 6.13. The topological polar surface area (TPSA) is 47.6 Å². The number of halogens is 1. The summed E-state index contributed by atoms with van der Waals surface area (Å²) in [4.78, 5) is 12.7. The van der Waals surface area contributed by atoms with Gasteiger partial charge in [-0.25, -0.2) is 4.42 Å². The average molecular weight is 407 g/mol. The van der Waals surface area contributed by atoms with Gasteiger partial charge in [-0.05, 0) is 41.6 Å². The van der Waals surface area contributed by atoms with Gasteiger partial charge in [0.25, 0.3) is 5.56 Å². The smallest absolute Gasteiger partial charge is 0.258 e. The summed E-state index contributed by atoms with van der Waals surface area (Å²) >= 11 is 6.20. The molecule has 2 aromatic carbocycles. The largest absolute Gasteiger partial charge is 0.489 e. The van der Waals surface area contributed by atoms with Gasteiger partial charge in [-0.3, -0.25) is 9.36 Å². The Balaban J connectivity index is 1.44. The molecule has 5 nitrogen and oxygen atoms in total. The van der Waals surface area contributed by atoms with Crippen LogP contribution in [0.3, 0.4) is 0 Å². The Bertz CT molecular complexity index is 1230. The predicted octanol–water partition coefficient (Wildman–Crippen LogP) is 4.67. The van der Waals surface area contributed by atoms with Gasteiger partial charge in [0.15, 0.2) is 0 Å². The van der Waals surface area contributed by atoms with Crippen LogP contribution in [0.5, 0.6) is 5.75 Å². The Morgan fingerprint density at radius 3 is 2.76 bits per heavy atom. The molecule has 29 heavy (non-hydrogen) atoms. The molecule has 0 spiro atoms. The second kappa shape index (κ2) is 7.43. The summed E-state index contributed by atoms with van der Waals surface area (Å²) in [6.45, 7) is 1.83. The summed E-state index contributed by atoms with van der Waals surface area (Å²) < 4.78 is 15.1. The molecule has 1 aliphatic rings. The maximum absolute atomic E-state index is 12.7. The van der Waals surface area contributed by atoms with E-state index in [2.05, 4.69) is 0 Å². The molecule has 0 amide bonds. The second-order valence-electron chi connectivity index (χ2n) is 7.12. The van der Waals surface area contributed by atoms with E-state index in [9.17, 15) is 4.79 Å². The summed E-state index contributed by atoms with van der Waals surface area (Å²) in [5.74, 6) is 1.53. The summed E-state index contributed by atoms with van der Waals surface area (Å²) in [7, 11) is 0. The van der Waals surface area contributed by atoms with Crippen LogP contribution < -0.4 is 10.3 Å². The molecular formula is C23H19ClN2O3. The van der Waals surface area contributed by atoms with Crippen LogP contribution in [0.15, 0.2) is 76.1 Å². The quantitative estimate of drug-likeness (QED) is 0.462. The number of benzene rings is 2. The molecule has 0 unspecified atom stereocenters. The minimum absolute atomic E-state index is 0.147. The summed E-state index contributed by atoms with van der Waals surface area (Å²) in [6, 6.07) is 19.0. The number of nitrogens with zero attached hydrogens (tertiary/aromatic N) is 2. The highest BCUT2D eigenvalue weighted by Gasteiger charge is 2.22. The zero-order valence-corrected chi connectivity index (χ0v) is 16.4. The monoisotopic (exact) mass is 406 g/mol. The van der Waals surface area contributed by atoms with E-state index in [0.717, 1.165) is 46.5 Å². The third kappa shape index (κ3) is 3.55. The van der Waals surface area contributed by atoms with Gasteiger partial charge in [0, 0.05) is 48.4 Å². The van der Waals surface area contributed by atoms with E-state index in [4.69, 9.17) is 20.9 Å². The van der Waals surface area contributed by atoms with Gasteiger partial charge in [0.2, 0.25) is 0 Å². The van der Waals surface area contributed by atoms with Gasteiger partial charge in [-0.2, -0.15) is 0 Å². The van der Waals surface area contributed by atoms with Crippen molar-refractivity contribution in [2.24, 2.45) is 0 Å². The first-order valence-electron chi connectivity index (χ1n) is 9.52. The number of hydrogen-bond acceptors (Lipinski definition) is 4. The maximum atomic E-state index is 12.7. The molecule has 0 N–H and O–H groups in total. The van der Waals surface area contributed by atoms with Crippen molar-refractivity contribution in [1.29, 1.82) is 0 Å². The van der Waals surface area contributed by atoms with Crippen molar-refractivity contribution in [3.63, 3.8) is 0 Å². The molecule has 5 rings (SSSR count). The van der Waals surface area contributed by atoms with Gasteiger partial charge in [-0.1, -0.05) is 30.3 Å². The highest BCUT2D eigenvalue weighted by atomic mass is 35.5. The van der Waals surface area contributed by atoms with Crippen molar-refractivity contribution >= 4 is 22.7 Å². The molecule has 4 aromatic rings. The molecule has 0 saturated heterocycles. The normalized spacial score (nSPS) is 14.1. The predicted molar refractivity (Wildman–Crippen MR) is 113 cm³/mol. The molecule has 0 bridgehead atoms. The number of hydrogen-bond donors (Lipinski definition) is 0. The third-order valence-corrected chi connectivity index (χ3v) is 5.48. The fraction of sp³-hybridized carbons (Fsp3) is 0.174. The maximum Gasteiger partial charge on any atom is 0.258 e. The SMILES string of the molecule is O=c1cc(OCc2ccccc2)ccn1-c1ccc2oc3c(c2c1)CN(Cl)CC3. The molecule has 0 radical (unpaired) electrons. The van der Waals surface area contributed by atoms with Gasteiger partial charge in [0.05, 0.1) is 0 Å². The number of fused-ring (bicyclic) bond motifs is 3. The van der Waals surface area contributed by atoms with E-state index in [1.54, 1.807) is 21.2 Å². The molecule has 0 saturated carbocycles. The zero-order valence-electron chi connectivity index (χ0n) is 15.7. The van der Waals surface area contributed by atoms with Crippen molar-refractivity contribution < 1.29 is 9.15 Å². The van der Waals surface area contributed by atoms with Crippen LogP contribution in [0.2, 0.25) is 0 Å². The standard InChI is InChI=1S/C23H19ClN2O3/c24-25-10-9-22-20(14-25)19-12-17(6-7-21(19)29-22)26-11-8-18(13-23(26)27)28-15-16-4-2-1-3-5-16/h1-8,11-13H,9-10,14-15H2. The summed E-state index contributed by atoms with van der Waals surface area (Å²) in [5, 5.41) is 0.999. The Kier molecular flexibility index (Phi) is 4.62. The molecule has 0 atom stereocenters. The molecule has 3 heterocycles. The number of pyridine rings is 1. The van der Waals surface area contributed by atoms with Crippen LogP contribution in [0.1, 0.15) is 16.9 Å². The molecule has 6 heteroatoms. The lowest BCUT2D eigenvalue weighted by atomic mass is 10.1. The van der Waals surface area contributed by atoms with E-state index in [1.807, 2.05) is 48.5 Å². The number of rotatable bonds is 4. The Morgan fingerprint density at radius 1 is 1.07 bits per heavy atom. The second-order valence-corrected chi connectivity index (χ2v) is 7.60. The van der Waals surface area contributed by atoms with Gasteiger partial charge >= 0.3 is 0 Å². The fourth-order valence-corrected chi connectivity index (χ4v) is 3.89. The summed E-state index contributed by atoms with van der Waals surface area (Å²) in [6.07, 6.45) is 2.53. The Hall–Kier alpha value is -3.02. The third-order valence-electron chi connectivity index (χ3n) is 5.19. The molecule has 146 valence electrons. The first-order chi connectivity index (χ1) is 14.2. The van der Waals surface area contributed by atoms with Gasteiger partial charge in [-0.15, -0.1) is 0 Å². The van der Waals surface area contributed by atoms with Crippen molar-refractivity contribution in [2.75, 3.05) is 6.54 Å². The lowest BCUT2D eigenvalue weighted by Crippen LogP contribution is -2.21. The van der Waals surface area contributed by atoms with Crippen LogP contribution in [0.25, 0.3) is 16.7 Å². The molecule has 2 aromatic heterocycles. The van der Waals surface area contributed by atoms with E-state index in [0.29, 0.717) is 18.9 Å². The van der Waals surface area contributed by atoms with Crippen molar-refractivity contribution in [3.8, 4) is 11.4 Å². The van der Waals surface area contributed by atoms with Crippen LogP contribution in [0, 0.1) is 0 Å². The lowest BCUT2D eigenvalue weighted by molar-refractivity contribution is 0.305.